The highest BCUT2D eigenvalue weighted by Gasteiger charge is 2.36. The summed E-state index contributed by atoms with van der Waals surface area (Å²) < 4.78 is 10.3. The minimum Gasteiger partial charge on any atom is -0.320 e. The predicted molar refractivity (Wildman–Crippen MR) is 31.3 cm³/mol. The molecule has 0 unspecified atom stereocenters. The van der Waals surface area contributed by atoms with Crippen molar-refractivity contribution in [3.8, 4) is 0 Å². The average Bonchev–Trinajstić information content (AvgIpc) is 1.87. The van der Waals surface area contributed by atoms with Crippen LogP contribution in [0.15, 0.2) is 18.2 Å². The van der Waals surface area contributed by atoms with E-state index in [1.165, 1.54) is 0 Å². The first-order valence-electron chi connectivity index (χ1n) is 2.94. The van der Waals surface area contributed by atoms with Crippen LogP contribution in [0, 0.1) is 6.08 Å². The first kappa shape index (κ1) is 5.21. The lowest BCUT2D eigenvalue weighted by Gasteiger charge is -2.39. The molecule has 1 radical (unpaired) electrons. The van der Waals surface area contributed by atoms with Gasteiger partial charge in [0, 0.05) is 6.42 Å². The van der Waals surface area contributed by atoms with Crippen molar-refractivity contribution in [2.45, 2.75) is 12.2 Å². The molecule has 1 heterocycles. The van der Waals surface area contributed by atoms with Gasteiger partial charge >= 0.3 is 0 Å². The Balaban J connectivity index is 2.14. The molecular formula is C7H7O2. The Morgan fingerprint density at radius 3 is 2.67 bits per heavy atom. The minimum atomic E-state index is -0.422. The van der Waals surface area contributed by atoms with Crippen molar-refractivity contribution in [1.29, 1.82) is 0 Å². The van der Waals surface area contributed by atoms with Crippen molar-refractivity contribution in [3.05, 3.63) is 24.3 Å². The van der Waals surface area contributed by atoms with Crippen molar-refractivity contribution >= 4 is 0 Å². The summed E-state index contributed by atoms with van der Waals surface area (Å²) in [4.78, 5) is 0. The maximum absolute atomic E-state index is 5.17. The molecule has 1 saturated heterocycles. The third kappa shape index (κ3) is 0.713. The quantitative estimate of drug-likeness (QED) is 0.478. The van der Waals surface area contributed by atoms with E-state index >= 15 is 0 Å². The van der Waals surface area contributed by atoms with Gasteiger partial charge in [0.2, 0.25) is 0 Å². The SMILES string of the molecule is [C]1=CC=CC2(C1)OCO2. The molecule has 0 aromatic carbocycles. The summed E-state index contributed by atoms with van der Waals surface area (Å²) in [5.74, 6) is -0.422. The van der Waals surface area contributed by atoms with Crippen molar-refractivity contribution in [3.63, 3.8) is 0 Å². The third-order valence-electron chi connectivity index (χ3n) is 1.52. The Labute approximate surface area is 53.8 Å². The predicted octanol–water partition coefficient (Wildman–Crippen LogP) is 1.01. The topological polar surface area (TPSA) is 18.5 Å². The standard InChI is InChI=1S/C7H7O2/c1-2-4-7(5-3-1)8-6-9-7/h1-2,4H,5-6H2. The lowest BCUT2D eigenvalue weighted by molar-refractivity contribution is -0.371. The molecule has 2 nitrogen and oxygen atoms in total. The zero-order valence-electron chi connectivity index (χ0n) is 4.96. The van der Waals surface area contributed by atoms with E-state index in [1.54, 1.807) is 0 Å². The molecule has 0 saturated carbocycles. The van der Waals surface area contributed by atoms with Crippen molar-refractivity contribution in [2.24, 2.45) is 0 Å². The van der Waals surface area contributed by atoms with Gasteiger partial charge in [-0.3, -0.25) is 0 Å². The lowest BCUT2D eigenvalue weighted by Crippen LogP contribution is -2.45. The molecule has 1 aliphatic carbocycles. The fourth-order valence-electron chi connectivity index (χ4n) is 0.931. The maximum Gasteiger partial charge on any atom is 0.197 e. The number of allylic oxidation sites excluding steroid dienone is 2. The number of rotatable bonds is 0. The van der Waals surface area contributed by atoms with Gasteiger partial charge in [-0.05, 0) is 12.2 Å². The van der Waals surface area contributed by atoms with Crippen LogP contribution in [0.2, 0.25) is 0 Å². The van der Waals surface area contributed by atoms with Gasteiger partial charge in [-0.1, -0.05) is 12.2 Å². The first-order valence-corrected chi connectivity index (χ1v) is 2.94. The Bertz CT molecular complexity index is 166. The molecule has 1 aliphatic heterocycles. The van der Waals surface area contributed by atoms with Crippen LogP contribution in [-0.2, 0) is 9.47 Å². The van der Waals surface area contributed by atoms with E-state index < -0.39 is 5.79 Å². The third-order valence-corrected chi connectivity index (χ3v) is 1.52. The number of hydrogen-bond acceptors (Lipinski definition) is 2. The summed E-state index contributed by atoms with van der Waals surface area (Å²) in [5.41, 5.74) is 0. The first-order chi connectivity index (χ1) is 4.41. The zero-order chi connectivity index (χ0) is 6.16. The Morgan fingerprint density at radius 1 is 1.44 bits per heavy atom. The summed E-state index contributed by atoms with van der Waals surface area (Å²) in [6.45, 7) is 0.423. The highest BCUT2D eigenvalue weighted by molar-refractivity contribution is 5.13. The second-order valence-electron chi connectivity index (χ2n) is 2.13. The van der Waals surface area contributed by atoms with Crippen LogP contribution in [-0.4, -0.2) is 12.6 Å². The van der Waals surface area contributed by atoms with E-state index in [4.69, 9.17) is 9.47 Å². The van der Waals surface area contributed by atoms with Crippen molar-refractivity contribution in [2.75, 3.05) is 6.79 Å². The smallest absolute Gasteiger partial charge is 0.197 e. The van der Waals surface area contributed by atoms with Crippen molar-refractivity contribution in [1.82, 2.24) is 0 Å². The Kier molecular flexibility index (Phi) is 0.976. The van der Waals surface area contributed by atoms with Crippen LogP contribution in [0.25, 0.3) is 0 Å². The summed E-state index contributed by atoms with van der Waals surface area (Å²) >= 11 is 0. The van der Waals surface area contributed by atoms with Gasteiger partial charge in [0.05, 0.1) is 0 Å². The Hall–Kier alpha value is -0.600. The summed E-state index contributed by atoms with van der Waals surface area (Å²) in [7, 11) is 0. The second kappa shape index (κ2) is 1.69. The van der Waals surface area contributed by atoms with Crippen LogP contribution in [0.4, 0.5) is 0 Å². The zero-order valence-corrected chi connectivity index (χ0v) is 4.96. The van der Waals surface area contributed by atoms with Gasteiger partial charge in [-0.25, -0.2) is 0 Å². The molecule has 2 aliphatic rings. The van der Waals surface area contributed by atoms with Crippen LogP contribution >= 0.6 is 0 Å². The molecule has 0 atom stereocenters. The summed E-state index contributed by atoms with van der Waals surface area (Å²) in [6.07, 6.45) is 9.41. The molecule has 0 N–H and O–H groups in total. The molecule has 0 aromatic rings. The van der Waals surface area contributed by atoms with E-state index in [9.17, 15) is 0 Å². The number of hydrogen-bond donors (Lipinski definition) is 0. The Morgan fingerprint density at radius 2 is 2.33 bits per heavy atom. The number of ether oxygens (including phenoxy) is 2. The van der Waals surface area contributed by atoms with E-state index in [2.05, 4.69) is 6.08 Å². The summed E-state index contributed by atoms with van der Waals surface area (Å²) in [6, 6.07) is 0. The maximum atomic E-state index is 5.17. The lowest BCUT2D eigenvalue weighted by atomic mass is 10.1. The second-order valence-corrected chi connectivity index (χ2v) is 2.13. The largest absolute Gasteiger partial charge is 0.320 e. The van der Waals surface area contributed by atoms with Gasteiger partial charge in [0.1, 0.15) is 0 Å². The highest BCUT2D eigenvalue weighted by Crippen LogP contribution is 2.30. The molecule has 0 amide bonds. The van der Waals surface area contributed by atoms with Gasteiger partial charge in [0.15, 0.2) is 12.6 Å². The van der Waals surface area contributed by atoms with Crippen LogP contribution in [0.1, 0.15) is 6.42 Å². The van der Waals surface area contributed by atoms with Gasteiger partial charge in [0.25, 0.3) is 0 Å². The van der Waals surface area contributed by atoms with Crippen LogP contribution in [0.5, 0.6) is 0 Å². The van der Waals surface area contributed by atoms with E-state index in [0.717, 1.165) is 6.42 Å². The minimum absolute atomic E-state index is 0.422. The van der Waals surface area contributed by atoms with Gasteiger partial charge in [-0.2, -0.15) is 0 Å². The van der Waals surface area contributed by atoms with E-state index in [0.29, 0.717) is 6.79 Å². The van der Waals surface area contributed by atoms with Gasteiger partial charge in [-0.15, -0.1) is 0 Å². The molecule has 1 spiro atoms. The van der Waals surface area contributed by atoms with Crippen molar-refractivity contribution < 1.29 is 9.47 Å². The van der Waals surface area contributed by atoms with Gasteiger partial charge < -0.3 is 9.47 Å². The molecule has 2 heteroatoms. The molecular weight excluding hydrogens is 116 g/mol. The fraction of sp³-hybridized carbons (Fsp3) is 0.429. The molecule has 47 valence electrons. The molecule has 0 bridgehead atoms. The van der Waals surface area contributed by atoms with E-state index in [-0.39, 0.29) is 0 Å². The van der Waals surface area contributed by atoms with E-state index in [1.807, 2.05) is 18.2 Å². The average molecular weight is 123 g/mol. The summed E-state index contributed by atoms with van der Waals surface area (Å²) in [5, 5.41) is 0. The molecule has 0 aromatic heterocycles. The normalized spacial score (nSPS) is 28.4. The fourth-order valence-corrected chi connectivity index (χ4v) is 0.931. The molecule has 1 fully saturated rings. The molecule has 9 heavy (non-hydrogen) atoms. The highest BCUT2D eigenvalue weighted by atomic mass is 16.9. The van der Waals surface area contributed by atoms with Crippen LogP contribution in [0.3, 0.4) is 0 Å². The van der Waals surface area contributed by atoms with Crippen LogP contribution < -0.4 is 0 Å². The monoisotopic (exact) mass is 123 g/mol. The molecule has 2 rings (SSSR count).